The summed E-state index contributed by atoms with van der Waals surface area (Å²) >= 11 is 0. The summed E-state index contributed by atoms with van der Waals surface area (Å²) in [6.45, 7) is 9.45. The lowest BCUT2D eigenvalue weighted by Gasteiger charge is -2.27. The van der Waals surface area contributed by atoms with Crippen molar-refractivity contribution in [2.75, 3.05) is 27.2 Å². The minimum atomic E-state index is -0.362. The predicted octanol–water partition coefficient (Wildman–Crippen LogP) is 5.05. The molecule has 3 unspecified atom stereocenters. The van der Waals surface area contributed by atoms with Crippen LogP contribution in [0.3, 0.4) is 0 Å². The van der Waals surface area contributed by atoms with Gasteiger partial charge in [-0.2, -0.15) is 0 Å². The molecule has 1 aromatic rings. The van der Waals surface area contributed by atoms with Gasteiger partial charge in [0, 0.05) is 11.8 Å². The van der Waals surface area contributed by atoms with Gasteiger partial charge >= 0.3 is 5.97 Å². The van der Waals surface area contributed by atoms with E-state index in [9.17, 15) is 4.79 Å². The average Bonchev–Trinajstić information content (AvgIpc) is 2.94. The first kappa shape index (κ1) is 21.0. The van der Waals surface area contributed by atoms with E-state index in [0.717, 1.165) is 41.1 Å². The minimum Gasteiger partial charge on any atom is -0.460 e. The molecule has 2 rings (SSSR count). The molecule has 26 heavy (non-hydrogen) atoms. The van der Waals surface area contributed by atoms with E-state index in [1.807, 2.05) is 30.3 Å². The highest BCUT2D eigenvalue weighted by atomic mass is 16.5. The first-order valence-electron chi connectivity index (χ1n) is 10.3. The molecule has 0 radical (unpaired) electrons. The fraction of sp³-hybridized carbons (Fsp3) is 0.696. The van der Waals surface area contributed by atoms with Crippen molar-refractivity contribution in [3.05, 3.63) is 35.9 Å². The number of esters is 1. The van der Waals surface area contributed by atoms with Gasteiger partial charge in [0.2, 0.25) is 0 Å². The van der Waals surface area contributed by atoms with Crippen molar-refractivity contribution in [3.63, 3.8) is 0 Å². The Morgan fingerprint density at radius 1 is 1.15 bits per heavy atom. The molecular formula is C23H38NO2+. The maximum atomic E-state index is 12.7. The van der Waals surface area contributed by atoms with Crippen LogP contribution in [0.5, 0.6) is 0 Å². The molecule has 0 amide bonds. The van der Waals surface area contributed by atoms with Crippen molar-refractivity contribution in [2.24, 2.45) is 17.3 Å². The van der Waals surface area contributed by atoms with E-state index in [2.05, 4.69) is 34.9 Å². The van der Waals surface area contributed by atoms with Crippen molar-refractivity contribution >= 4 is 5.97 Å². The van der Waals surface area contributed by atoms with Gasteiger partial charge in [-0.05, 0) is 38.2 Å². The average molecular weight is 361 g/mol. The van der Waals surface area contributed by atoms with Crippen molar-refractivity contribution in [1.29, 1.82) is 0 Å². The van der Waals surface area contributed by atoms with Crippen molar-refractivity contribution in [1.82, 2.24) is 0 Å². The highest BCUT2D eigenvalue weighted by Gasteiger charge is 2.39. The molecule has 0 spiro atoms. The van der Waals surface area contributed by atoms with Crippen LogP contribution in [-0.2, 0) is 16.1 Å². The third kappa shape index (κ3) is 5.57. The standard InChI is InChI=1S/C23H38NO2/c1-6-20-16-24(4,5)17-21(20)14-11-15-23(3,7-2)22(25)26-18-19-12-9-8-10-13-19/h8-10,12-13,20-21H,6-7,11,14-18H2,1-5H3/q+1. The lowest BCUT2D eigenvalue weighted by Crippen LogP contribution is -2.37. The molecule has 0 bridgehead atoms. The van der Waals surface area contributed by atoms with E-state index in [0.29, 0.717) is 6.61 Å². The summed E-state index contributed by atoms with van der Waals surface area (Å²) in [5, 5.41) is 0. The molecule has 3 nitrogen and oxygen atoms in total. The number of quaternary nitrogens is 1. The number of likely N-dealkylation sites (tertiary alicyclic amines) is 1. The Balaban J connectivity index is 1.83. The fourth-order valence-electron chi connectivity index (χ4n) is 4.51. The first-order valence-corrected chi connectivity index (χ1v) is 10.3. The van der Waals surface area contributed by atoms with Crippen LogP contribution in [0.15, 0.2) is 30.3 Å². The number of rotatable bonds is 9. The number of carbonyl (C=O) groups excluding carboxylic acids is 1. The Hall–Kier alpha value is -1.35. The van der Waals surface area contributed by atoms with E-state index in [1.165, 1.54) is 25.9 Å². The maximum absolute atomic E-state index is 12.7. The highest BCUT2D eigenvalue weighted by molar-refractivity contribution is 5.76. The molecule has 1 aromatic carbocycles. The minimum absolute atomic E-state index is 0.0431. The van der Waals surface area contributed by atoms with E-state index < -0.39 is 0 Å². The number of benzene rings is 1. The van der Waals surface area contributed by atoms with Gasteiger partial charge in [-0.3, -0.25) is 4.79 Å². The van der Waals surface area contributed by atoms with Crippen LogP contribution < -0.4 is 0 Å². The largest absolute Gasteiger partial charge is 0.460 e. The Morgan fingerprint density at radius 2 is 1.81 bits per heavy atom. The van der Waals surface area contributed by atoms with Gasteiger partial charge in [0.15, 0.2) is 0 Å². The molecule has 0 N–H and O–H groups in total. The quantitative estimate of drug-likeness (QED) is 0.455. The van der Waals surface area contributed by atoms with Crippen LogP contribution in [0.25, 0.3) is 0 Å². The first-order chi connectivity index (χ1) is 12.3. The molecule has 3 atom stereocenters. The Morgan fingerprint density at radius 3 is 2.42 bits per heavy atom. The van der Waals surface area contributed by atoms with Gasteiger partial charge in [0.1, 0.15) is 6.61 Å². The Bertz CT molecular complexity index is 569. The number of hydrogen-bond acceptors (Lipinski definition) is 2. The van der Waals surface area contributed by atoms with Gasteiger partial charge in [0.25, 0.3) is 0 Å². The van der Waals surface area contributed by atoms with E-state index >= 15 is 0 Å². The van der Waals surface area contributed by atoms with Gasteiger partial charge in [-0.1, -0.05) is 50.6 Å². The molecule has 1 saturated heterocycles. The highest BCUT2D eigenvalue weighted by Crippen LogP contribution is 2.36. The van der Waals surface area contributed by atoms with E-state index in [1.54, 1.807) is 0 Å². The summed E-state index contributed by atoms with van der Waals surface area (Å²) in [6.07, 6.45) is 5.39. The molecule has 1 aliphatic rings. The second-order valence-corrected chi connectivity index (χ2v) is 9.10. The number of nitrogens with zero attached hydrogens (tertiary/aromatic N) is 1. The second kappa shape index (κ2) is 9.03. The molecule has 0 aliphatic carbocycles. The zero-order valence-corrected chi connectivity index (χ0v) is 17.5. The van der Waals surface area contributed by atoms with Crippen LogP contribution in [0, 0.1) is 17.3 Å². The van der Waals surface area contributed by atoms with Crippen molar-refractivity contribution in [3.8, 4) is 0 Å². The lowest BCUT2D eigenvalue weighted by atomic mass is 9.80. The normalized spacial score (nSPS) is 24.2. The topological polar surface area (TPSA) is 26.3 Å². The molecule has 0 saturated carbocycles. The van der Waals surface area contributed by atoms with Gasteiger partial charge in [0.05, 0.1) is 32.6 Å². The molecular weight excluding hydrogens is 322 g/mol. The third-order valence-electron chi connectivity index (χ3n) is 6.44. The van der Waals surface area contributed by atoms with Gasteiger partial charge in [-0.15, -0.1) is 0 Å². The van der Waals surface area contributed by atoms with Gasteiger partial charge in [-0.25, -0.2) is 0 Å². The summed E-state index contributed by atoms with van der Waals surface area (Å²) in [7, 11) is 4.69. The molecule has 1 heterocycles. The van der Waals surface area contributed by atoms with E-state index in [-0.39, 0.29) is 11.4 Å². The second-order valence-electron chi connectivity index (χ2n) is 9.10. The van der Waals surface area contributed by atoms with Crippen LogP contribution >= 0.6 is 0 Å². The number of hydrogen-bond donors (Lipinski definition) is 0. The van der Waals surface area contributed by atoms with E-state index in [4.69, 9.17) is 4.74 Å². The number of carbonyl (C=O) groups is 1. The molecule has 0 aromatic heterocycles. The molecule has 1 aliphatic heterocycles. The number of ether oxygens (including phenoxy) is 1. The molecule has 146 valence electrons. The predicted molar refractivity (Wildman–Crippen MR) is 108 cm³/mol. The van der Waals surface area contributed by atoms with Crippen molar-refractivity contribution in [2.45, 2.75) is 59.5 Å². The Kier molecular flexibility index (Phi) is 7.28. The summed E-state index contributed by atoms with van der Waals surface area (Å²) < 4.78 is 6.79. The van der Waals surface area contributed by atoms with Crippen LogP contribution in [0.1, 0.15) is 58.4 Å². The summed E-state index contributed by atoms with van der Waals surface area (Å²) in [6, 6.07) is 9.94. The van der Waals surface area contributed by atoms with Crippen molar-refractivity contribution < 1.29 is 14.0 Å². The Labute approximate surface area is 160 Å². The molecule has 1 fully saturated rings. The van der Waals surface area contributed by atoms with Gasteiger partial charge < -0.3 is 9.22 Å². The monoisotopic (exact) mass is 360 g/mol. The maximum Gasteiger partial charge on any atom is 0.312 e. The smallest absolute Gasteiger partial charge is 0.312 e. The SMILES string of the molecule is CCC1C[N+](C)(C)CC1CCCC(C)(CC)C(=O)OCc1ccccc1. The van der Waals surface area contributed by atoms with Crippen LogP contribution in [0.4, 0.5) is 0 Å². The van der Waals surface area contributed by atoms with Crippen LogP contribution in [0.2, 0.25) is 0 Å². The zero-order valence-electron chi connectivity index (χ0n) is 17.5. The fourth-order valence-corrected chi connectivity index (χ4v) is 4.51. The molecule has 3 heteroatoms. The summed E-state index contributed by atoms with van der Waals surface area (Å²) in [5.74, 6) is 1.60. The third-order valence-corrected chi connectivity index (χ3v) is 6.44. The summed E-state index contributed by atoms with van der Waals surface area (Å²) in [5.41, 5.74) is 0.690. The zero-order chi connectivity index (χ0) is 19.2. The summed E-state index contributed by atoms with van der Waals surface area (Å²) in [4.78, 5) is 12.7. The lowest BCUT2D eigenvalue weighted by molar-refractivity contribution is -0.880. The van der Waals surface area contributed by atoms with Crippen LogP contribution in [-0.4, -0.2) is 37.6 Å².